The molecule has 0 saturated heterocycles. The summed E-state index contributed by atoms with van der Waals surface area (Å²) in [7, 11) is 1.68. The van der Waals surface area contributed by atoms with Crippen molar-refractivity contribution in [3.63, 3.8) is 0 Å². The molecule has 0 amide bonds. The van der Waals surface area contributed by atoms with Crippen molar-refractivity contribution in [3.05, 3.63) is 35.4 Å². The van der Waals surface area contributed by atoms with Gasteiger partial charge in [0, 0.05) is 26.8 Å². The van der Waals surface area contributed by atoms with E-state index in [-0.39, 0.29) is 24.0 Å². The standard InChI is InChI=1S/C19H33N3O2.HI/c1-4-5-11-20-19(21-12-6-13-24-15-14-23-3)22-16-18-9-7-17(2)8-10-18;/h7-10H,4-6,11-16H2,1-3H3,(H2,20,21,22);1H. The molecule has 0 aromatic heterocycles. The average Bonchev–Trinajstić information content (AvgIpc) is 2.59. The zero-order valence-corrected chi connectivity index (χ0v) is 18.2. The second-order valence-electron chi connectivity index (χ2n) is 5.82. The van der Waals surface area contributed by atoms with Gasteiger partial charge in [0.05, 0.1) is 19.8 Å². The van der Waals surface area contributed by atoms with Crippen LogP contribution in [0.25, 0.3) is 0 Å². The lowest BCUT2D eigenvalue weighted by Crippen LogP contribution is -2.38. The lowest BCUT2D eigenvalue weighted by molar-refractivity contribution is 0.0698. The number of unbranched alkanes of at least 4 members (excludes halogenated alkanes) is 1. The minimum Gasteiger partial charge on any atom is -0.382 e. The van der Waals surface area contributed by atoms with Crippen LogP contribution in [0.15, 0.2) is 29.3 Å². The Morgan fingerprint density at radius 3 is 2.32 bits per heavy atom. The van der Waals surface area contributed by atoms with Gasteiger partial charge in [0.1, 0.15) is 0 Å². The summed E-state index contributed by atoms with van der Waals surface area (Å²) in [4.78, 5) is 4.68. The van der Waals surface area contributed by atoms with Gasteiger partial charge in [0.15, 0.2) is 5.96 Å². The Bertz CT molecular complexity index is 452. The van der Waals surface area contributed by atoms with E-state index in [0.717, 1.165) is 38.5 Å². The fraction of sp³-hybridized carbons (Fsp3) is 0.632. The van der Waals surface area contributed by atoms with E-state index < -0.39 is 0 Å². The van der Waals surface area contributed by atoms with Crippen LogP contribution in [-0.4, -0.2) is 46.0 Å². The number of nitrogens with one attached hydrogen (secondary N) is 2. The first-order valence-electron chi connectivity index (χ1n) is 8.90. The Balaban J connectivity index is 0.00000576. The molecule has 0 unspecified atom stereocenters. The van der Waals surface area contributed by atoms with Crippen LogP contribution < -0.4 is 10.6 Å². The predicted molar refractivity (Wildman–Crippen MR) is 116 cm³/mol. The lowest BCUT2D eigenvalue weighted by Gasteiger charge is -2.12. The van der Waals surface area contributed by atoms with Crippen molar-refractivity contribution in [2.45, 2.75) is 39.7 Å². The summed E-state index contributed by atoms with van der Waals surface area (Å²) in [5.41, 5.74) is 2.50. The maximum absolute atomic E-state index is 5.47. The molecule has 0 fully saturated rings. The molecule has 0 aliphatic carbocycles. The molecule has 0 spiro atoms. The van der Waals surface area contributed by atoms with Gasteiger partial charge >= 0.3 is 0 Å². The molecular formula is C19H34IN3O2. The number of hydrogen-bond acceptors (Lipinski definition) is 3. The minimum atomic E-state index is 0. The quantitative estimate of drug-likeness (QED) is 0.216. The highest BCUT2D eigenvalue weighted by Crippen LogP contribution is 2.04. The number of ether oxygens (including phenoxy) is 2. The van der Waals surface area contributed by atoms with E-state index in [9.17, 15) is 0 Å². The van der Waals surface area contributed by atoms with E-state index in [1.807, 2.05) is 0 Å². The zero-order chi connectivity index (χ0) is 17.5. The third-order valence-electron chi connectivity index (χ3n) is 3.55. The smallest absolute Gasteiger partial charge is 0.191 e. The van der Waals surface area contributed by atoms with Crippen molar-refractivity contribution in [2.24, 2.45) is 4.99 Å². The monoisotopic (exact) mass is 463 g/mol. The van der Waals surface area contributed by atoms with E-state index >= 15 is 0 Å². The van der Waals surface area contributed by atoms with Crippen LogP contribution in [0.3, 0.4) is 0 Å². The van der Waals surface area contributed by atoms with Crippen molar-refractivity contribution < 1.29 is 9.47 Å². The molecule has 6 heteroatoms. The highest BCUT2D eigenvalue weighted by molar-refractivity contribution is 14.0. The number of benzene rings is 1. The van der Waals surface area contributed by atoms with Gasteiger partial charge in [0.2, 0.25) is 0 Å². The predicted octanol–water partition coefficient (Wildman–Crippen LogP) is 3.50. The van der Waals surface area contributed by atoms with E-state index in [1.165, 1.54) is 17.5 Å². The van der Waals surface area contributed by atoms with Gasteiger partial charge in [-0.3, -0.25) is 0 Å². The van der Waals surface area contributed by atoms with E-state index in [4.69, 9.17) is 9.47 Å². The number of hydrogen-bond donors (Lipinski definition) is 2. The van der Waals surface area contributed by atoms with Crippen LogP contribution in [0.4, 0.5) is 0 Å². The largest absolute Gasteiger partial charge is 0.382 e. The van der Waals surface area contributed by atoms with Crippen LogP contribution in [0.2, 0.25) is 0 Å². The van der Waals surface area contributed by atoms with Crippen LogP contribution >= 0.6 is 24.0 Å². The number of aryl methyl sites for hydroxylation is 1. The molecular weight excluding hydrogens is 429 g/mol. The molecule has 0 aliphatic heterocycles. The molecule has 0 radical (unpaired) electrons. The van der Waals surface area contributed by atoms with Crippen LogP contribution in [0.5, 0.6) is 0 Å². The van der Waals surface area contributed by atoms with Crippen LogP contribution in [0, 0.1) is 6.92 Å². The summed E-state index contributed by atoms with van der Waals surface area (Å²) in [6, 6.07) is 8.51. The maximum atomic E-state index is 5.47. The van der Waals surface area contributed by atoms with E-state index in [0.29, 0.717) is 19.8 Å². The van der Waals surface area contributed by atoms with Gasteiger partial charge in [-0.1, -0.05) is 43.2 Å². The van der Waals surface area contributed by atoms with Gasteiger partial charge in [-0.25, -0.2) is 4.99 Å². The van der Waals surface area contributed by atoms with Gasteiger partial charge in [0.25, 0.3) is 0 Å². The molecule has 25 heavy (non-hydrogen) atoms. The number of halogens is 1. The lowest BCUT2D eigenvalue weighted by atomic mass is 10.1. The second kappa shape index (κ2) is 16.6. The molecule has 1 aromatic rings. The van der Waals surface area contributed by atoms with Crippen molar-refractivity contribution in [1.29, 1.82) is 0 Å². The van der Waals surface area contributed by atoms with Crippen molar-refractivity contribution >= 4 is 29.9 Å². The summed E-state index contributed by atoms with van der Waals surface area (Å²) in [6.45, 7) is 8.80. The number of guanidine groups is 1. The molecule has 144 valence electrons. The molecule has 2 N–H and O–H groups in total. The maximum Gasteiger partial charge on any atom is 0.191 e. The Hall–Kier alpha value is -0.860. The number of rotatable bonds is 12. The Morgan fingerprint density at radius 2 is 1.68 bits per heavy atom. The molecule has 1 aromatic carbocycles. The third-order valence-corrected chi connectivity index (χ3v) is 3.55. The number of nitrogens with zero attached hydrogens (tertiary/aromatic N) is 1. The Kier molecular flexibility index (Phi) is 16.0. The summed E-state index contributed by atoms with van der Waals surface area (Å²) in [6.07, 6.45) is 3.26. The highest BCUT2D eigenvalue weighted by atomic mass is 127. The fourth-order valence-corrected chi connectivity index (χ4v) is 2.05. The molecule has 0 atom stereocenters. The third kappa shape index (κ3) is 13.1. The zero-order valence-electron chi connectivity index (χ0n) is 15.8. The summed E-state index contributed by atoms with van der Waals surface area (Å²) in [5.74, 6) is 0.876. The molecule has 0 aliphatic rings. The topological polar surface area (TPSA) is 54.9 Å². The molecule has 0 heterocycles. The SMILES string of the molecule is CCCCNC(=NCc1ccc(C)cc1)NCCCOCCOC.I. The molecule has 1 rings (SSSR count). The first-order valence-corrected chi connectivity index (χ1v) is 8.90. The van der Waals surface area contributed by atoms with Crippen molar-refractivity contribution in [1.82, 2.24) is 10.6 Å². The highest BCUT2D eigenvalue weighted by Gasteiger charge is 1.99. The molecule has 0 bridgehead atoms. The summed E-state index contributed by atoms with van der Waals surface area (Å²) >= 11 is 0. The first-order chi connectivity index (χ1) is 11.8. The van der Waals surface area contributed by atoms with Gasteiger partial charge in [-0.05, 0) is 25.3 Å². The summed E-state index contributed by atoms with van der Waals surface area (Å²) in [5, 5.41) is 6.77. The Labute approximate surface area is 170 Å². The van der Waals surface area contributed by atoms with Gasteiger partial charge in [-0.15, -0.1) is 24.0 Å². The van der Waals surface area contributed by atoms with Crippen LogP contribution in [0.1, 0.15) is 37.3 Å². The average molecular weight is 463 g/mol. The minimum absolute atomic E-state index is 0. The molecule has 5 nitrogen and oxygen atoms in total. The van der Waals surface area contributed by atoms with Gasteiger partial charge < -0.3 is 20.1 Å². The number of methoxy groups -OCH3 is 1. The van der Waals surface area contributed by atoms with Crippen LogP contribution in [-0.2, 0) is 16.0 Å². The second-order valence-corrected chi connectivity index (χ2v) is 5.82. The summed E-state index contributed by atoms with van der Waals surface area (Å²) < 4.78 is 10.4. The van der Waals surface area contributed by atoms with E-state index in [2.05, 4.69) is 53.7 Å². The van der Waals surface area contributed by atoms with Crippen molar-refractivity contribution in [2.75, 3.05) is 40.0 Å². The van der Waals surface area contributed by atoms with Gasteiger partial charge in [-0.2, -0.15) is 0 Å². The molecule has 0 saturated carbocycles. The van der Waals surface area contributed by atoms with E-state index in [1.54, 1.807) is 7.11 Å². The fourth-order valence-electron chi connectivity index (χ4n) is 2.05. The Morgan fingerprint density at radius 1 is 1.00 bits per heavy atom. The van der Waals surface area contributed by atoms with Crippen molar-refractivity contribution in [3.8, 4) is 0 Å². The first kappa shape index (κ1) is 24.1. The number of aliphatic imine (C=N–C) groups is 1. The normalized spacial score (nSPS) is 11.1.